The SMILES string of the molecule is CCC(Br)(C=O)OCC(C)O. The van der Waals surface area contributed by atoms with Gasteiger partial charge in [-0.25, -0.2) is 0 Å². The van der Waals surface area contributed by atoms with E-state index < -0.39 is 10.6 Å². The molecule has 0 bridgehead atoms. The highest BCUT2D eigenvalue weighted by Gasteiger charge is 2.24. The van der Waals surface area contributed by atoms with E-state index in [0.717, 1.165) is 0 Å². The fraction of sp³-hybridized carbons (Fsp3) is 0.857. The van der Waals surface area contributed by atoms with Gasteiger partial charge < -0.3 is 9.84 Å². The van der Waals surface area contributed by atoms with E-state index >= 15 is 0 Å². The molecule has 0 aliphatic carbocycles. The molecule has 0 amide bonds. The molecule has 0 spiro atoms. The molecule has 0 aromatic carbocycles. The van der Waals surface area contributed by atoms with Crippen molar-refractivity contribution in [3.8, 4) is 0 Å². The smallest absolute Gasteiger partial charge is 0.177 e. The normalized spacial score (nSPS) is 18.9. The van der Waals surface area contributed by atoms with Crippen LogP contribution in [0, 0.1) is 0 Å². The van der Waals surface area contributed by atoms with Crippen LogP contribution in [0.3, 0.4) is 0 Å². The van der Waals surface area contributed by atoms with Crippen molar-refractivity contribution in [3.63, 3.8) is 0 Å². The van der Waals surface area contributed by atoms with Gasteiger partial charge in [0.15, 0.2) is 10.8 Å². The molecule has 11 heavy (non-hydrogen) atoms. The number of aliphatic hydroxyl groups is 1. The van der Waals surface area contributed by atoms with Crippen LogP contribution in [0.2, 0.25) is 0 Å². The van der Waals surface area contributed by atoms with Gasteiger partial charge >= 0.3 is 0 Å². The molecule has 0 fully saturated rings. The average Bonchev–Trinajstić information content (AvgIpc) is 2.00. The molecule has 0 saturated heterocycles. The van der Waals surface area contributed by atoms with Crippen LogP contribution in [0.4, 0.5) is 0 Å². The number of carbonyl (C=O) groups excluding carboxylic acids is 1. The topological polar surface area (TPSA) is 46.5 Å². The second-order valence-corrected chi connectivity index (χ2v) is 3.76. The standard InChI is InChI=1S/C7H13BrO3/c1-3-7(8,5-9)11-4-6(2)10/h5-6,10H,3-4H2,1-2H3. The van der Waals surface area contributed by atoms with Crippen molar-refractivity contribution in [1.29, 1.82) is 0 Å². The molecule has 0 aromatic heterocycles. The first-order chi connectivity index (χ1) is 5.04. The molecule has 0 rings (SSSR count). The van der Waals surface area contributed by atoms with Crippen LogP contribution in [0.1, 0.15) is 20.3 Å². The lowest BCUT2D eigenvalue weighted by molar-refractivity contribution is -0.122. The van der Waals surface area contributed by atoms with Crippen LogP contribution in [0.15, 0.2) is 0 Å². The summed E-state index contributed by atoms with van der Waals surface area (Å²) in [6.07, 6.45) is 0.692. The van der Waals surface area contributed by atoms with Crippen LogP contribution >= 0.6 is 15.9 Å². The number of aldehydes is 1. The Balaban J connectivity index is 3.78. The number of carbonyl (C=O) groups is 1. The van der Waals surface area contributed by atoms with Gasteiger partial charge in [0.05, 0.1) is 12.7 Å². The first kappa shape index (κ1) is 11.1. The Morgan fingerprint density at radius 2 is 2.36 bits per heavy atom. The van der Waals surface area contributed by atoms with E-state index in [4.69, 9.17) is 9.84 Å². The Labute approximate surface area is 74.9 Å². The van der Waals surface area contributed by atoms with Crippen LogP contribution < -0.4 is 0 Å². The number of hydrogen-bond donors (Lipinski definition) is 1. The maximum atomic E-state index is 10.4. The molecule has 0 aliphatic heterocycles. The summed E-state index contributed by atoms with van der Waals surface area (Å²) in [6.45, 7) is 3.59. The molecule has 4 heteroatoms. The van der Waals surface area contributed by atoms with E-state index in [9.17, 15) is 4.79 Å². The second kappa shape index (κ2) is 4.85. The second-order valence-electron chi connectivity index (χ2n) is 2.42. The highest BCUT2D eigenvalue weighted by molar-refractivity contribution is 9.10. The molecule has 3 nitrogen and oxygen atoms in total. The van der Waals surface area contributed by atoms with Gasteiger partial charge in [-0.05, 0) is 29.3 Å². The quantitative estimate of drug-likeness (QED) is 0.562. The minimum Gasteiger partial charge on any atom is -0.391 e. The Kier molecular flexibility index (Phi) is 4.88. The van der Waals surface area contributed by atoms with Crippen molar-refractivity contribution in [3.05, 3.63) is 0 Å². The van der Waals surface area contributed by atoms with E-state index in [1.54, 1.807) is 6.92 Å². The molecular formula is C7H13BrO3. The lowest BCUT2D eigenvalue weighted by Crippen LogP contribution is -2.29. The molecule has 0 radical (unpaired) electrons. The number of hydrogen-bond acceptors (Lipinski definition) is 3. The van der Waals surface area contributed by atoms with E-state index in [0.29, 0.717) is 12.7 Å². The van der Waals surface area contributed by atoms with Crippen molar-refractivity contribution in [2.45, 2.75) is 30.9 Å². The third-order valence-electron chi connectivity index (χ3n) is 1.22. The molecule has 2 unspecified atom stereocenters. The van der Waals surface area contributed by atoms with Crippen LogP contribution in [-0.2, 0) is 9.53 Å². The maximum Gasteiger partial charge on any atom is 0.177 e. The minimum absolute atomic E-state index is 0.165. The molecule has 0 aliphatic rings. The van der Waals surface area contributed by atoms with Gasteiger partial charge in [-0.1, -0.05) is 6.92 Å². The van der Waals surface area contributed by atoms with Crippen molar-refractivity contribution in [2.24, 2.45) is 0 Å². The molecule has 0 aromatic rings. The first-order valence-electron chi connectivity index (χ1n) is 3.51. The Hall–Kier alpha value is 0.0700. The predicted molar refractivity (Wildman–Crippen MR) is 45.6 cm³/mol. The summed E-state index contributed by atoms with van der Waals surface area (Å²) in [5.41, 5.74) is 0. The fourth-order valence-corrected chi connectivity index (χ4v) is 0.611. The van der Waals surface area contributed by atoms with Gasteiger partial charge in [-0.3, -0.25) is 4.79 Å². The number of alkyl halides is 1. The van der Waals surface area contributed by atoms with Crippen LogP contribution in [-0.4, -0.2) is 28.6 Å². The Morgan fingerprint density at radius 3 is 2.64 bits per heavy atom. The average molecular weight is 225 g/mol. The van der Waals surface area contributed by atoms with E-state index in [-0.39, 0.29) is 6.61 Å². The summed E-state index contributed by atoms with van der Waals surface area (Å²) < 4.78 is 4.18. The van der Waals surface area contributed by atoms with Gasteiger partial charge in [0.25, 0.3) is 0 Å². The highest BCUT2D eigenvalue weighted by atomic mass is 79.9. The zero-order valence-corrected chi connectivity index (χ0v) is 8.30. The summed E-state index contributed by atoms with van der Waals surface area (Å²) >= 11 is 3.11. The summed E-state index contributed by atoms with van der Waals surface area (Å²) in [6, 6.07) is 0. The van der Waals surface area contributed by atoms with E-state index in [1.807, 2.05) is 6.92 Å². The minimum atomic E-state index is -0.913. The van der Waals surface area contributed by atoms with Gasteiger partial charge in [0, 0.05) is 0 Å². The van der Waals surface area contributed by atoms with Crippen molar-refractivity contribution in [2.75, 3.05) is 6.61 Å². The van der Waals surface area contributed by atoms with Crippen LogP contribution in [0.25, 0.3) is 0 Å². The monoisotopic (exact) mass is 224 g/mol. The summed E-state index contributed by atoms with van der Waals surface area (Å²) in [5, 5.41) is 8.84. The number of ether oxygens (including phenoxy) is 1. The number of halogens is 1. The molecule has 0 saturated carbocycles. The summed E-state index contributed by atoms with van der Waals surface area (Å²) in [4.78, 5) is 10.4. The van der Waals surface area contributed by atoms with Crippen molar-refractivity contribution >= 4 is 22.2 Å². The van der Waals surface area contributed by atoms with Crippen molar-refractivity contribution in [1.82, 2.24) is 0 Å². The summed E-state index contributed by atoms with van der Waals surface area (Å²) in [7, 11) is 0. The lowest BCUT2D eigenvalue weighted by Gasteiger charge is -2.20. The third-order valence-corrected chi connectivity index (χ3v) is 2.20. The zero-order chi connectivity index (χ0) is 8.91. The Morgan fingerprint density at radius 1 is 1.82 bits per heavy atom. The van der Waals surface area contributed by atoms with Gasteiger partial charge in [0.2, 0.25) is 0 Å². The largest absolute Gasteiger partial charge is 0.391 e. The lowest BCUT2D eigenvalue weighted by atomic mass is 10.3. The molecule has 66 valence electrons. The number of rotatable bonds is 5. The Bertz CT molecular complexity index is 127. The molecule has 0 heterocycles. The predicted octanol–water partition coefficient (Wildman–Crippen LogP) is 1.08. The summed E-state index contributed by atoms with van der Waals surface area (Å²) in [5.74, 6) is 0. The first-order valence-corrected chi connectivity index (χ1v) is 4.30. The fourth-order valence-electron chi connectivity index (χ4n) is 0.479. The van der Waals surface area contributed by atoms with Gasteiger partial charge in [-0.15, -0.1) is 0 Å². The number of aliphatic hydroxyl groups excluding tert-OH is 1. The maximum absolute atomic E-state index is 10.4. The van der Waals surface area contributed by atoms with E-state index in [2.05, 4.69) is 15.9 Å². The van der Waals surface area contributed by atoms with E-state index in [1.165, 1.54) is 0 Å². The highest BCUT2D eigenvalue weighted by Crippen LogP contribution is 2.21. The van der Waals surface area contributed by atoms with Crippen LogP contribution in [0.5, 0.6) is 0 Å². The zero-order valence-electron chi connectivity index (χ0n) is 6.71. The van der Waals surface area contributed by atoms with Gasteiger partial charge in [-0.2, -0.15) is 0 Å². The molecule has 1 N–H and O–H groups in total. The molecular weight excluding hydrogens is 212 g/mol. The van der Waals surface area contributed by atoms with Crippen molar-refractivity contribution < 1.29 is 14.6 Å². The molecule has 2 atom stereocenters. The van der Waals surface area contributed by atoms with Gasteiger partial charge in [0.1, 0.15) is 0 Å². The third kappa shape index (κ3) is 4.50.